The van der Waals surface area contributed by atoms with Gasteiger partial charge in [0.25, 0.3) is 10.0 Å². The number of aliphatic hydroxyl groups is 2. The number of nitrogens with two attached hydrogens (primary N) is 3. The van der Waals surface area contributed by atoms with Crippen molar-refractivity contribution in [3.63, 3.8) is 0 Å². The maximum absolute atomic E-state index is 15.0. The van der Waals surface area contributed by atoms with E-state index in [9.17, 15) is 47.4 Å². The summed E-state index contributed by atoms with van der Waals surface area (Å²) in [7, 11) is -4.34. The average Bonchev–Trinajstić information content (AvgIpc) is 1.53. The predicted octanol–water partition coefficient (Wildman–Crippen LogP) is 3.08. The summed E-state index contributed by atoms with van der Waals surface area (Å²) in [5.74, 6) is -4.93. The highest BCUT2D eigenvalue weighted by atomic mass is 32.2. The first-order valence-electron chi connectivity index (χ1n) is 29.6. The molecule has 14 N–H and O–H groups in total. The van der Waals surface area contributed by atoms with Crippen molar-refractivity contribution >= 4 is 63.2 Å². The van der Waals surface area contributed by atoms with Gasteiger partial charge in [-0.15, -0.1) is 0 Å². The standard InChI is InChI=1S/C61H104N10O15S2/c1-20-22-24-40(21-2)31-82-56(79)44(28-41(72)30-66-45(52(63)75)32-87-33-46(62)73)68-53(76)43(25-23-26-65-57(64)71-88(80,81)51-36(5)35(4)42-29-61(18,19)86-50(42)37(51)6)67-54(77)49(39(8)85-60(15,16)17)70-55(78)48(38(7)84-59(12,13)14)69-47(74)27-34(3)83-58(9,10)11/h20-22,24,34,38-39,41,43-46,48-49,66,72-73H,1,23,25-33,62H2,2-19H3,(H2,63,75)(H,67,77)(H,68,76)(H,69,74)(H,70,78)(H3,64,65,71)/b24-22-,40-21+/t34-,38-,39-,41?,43+,44+,45+,46?,48+,49+/m1/s1. The van der Waals surface area contributed by atoms with Crippen molar-refractivity contribution < 1.29 is 71.1 Å². The number of ether oxygens (including phenoxy) is 5. The van der Waals surface area contributed by atoms with E-state index in [-0.39, 0.29) is 55.4 Å². The van der Waals surface area contributed by atoms with E-state index in [4.69, 9.17) is 40.9 Å². The third kappa shape index (κ3) is 27.6. The van der Waals surface area contributed by atoms with E-state index in [1.165, 1.54) is 13.0 Å². The number of fused-ring (bicyclic) bond motifs is 1. The predicted molar refractivity (Wildman–Crippen MR) is 342 cm³/mol. The number of primary amides is 1. The van der Waals surface area contributed by atoms with E-state index in [2.05, 4.69) is 42.9 Å². The molecule has 0 saturated heterocycles. The Kier molecular flexibility index (Phi) is 30.8. The summed E-state index contributed by atoms with van der Waals surface area (Å²) >= 11 is 1.13. The third-order valence-electron chi connectivity index (χ3n) is 13.4. The van der Waals surface area contributed by atoms with Crippen LogP contribution in [0.5, 0.6) is 5.75 Å². The molecule has 0 spiro atoms. The van der Waals surface area contributed by atoms with Crippen LogP contribution in [-0.2, 0) is 64.2 Å². The van der Waals surface area contributed by atoms with Gasteiger partial charge in [-0.2, -0.15) is 11.8 Å². The zero-order valence-corrected chi connectivity index (χ0v) is 56.7. The third-order valence-corrected chi connectivity index (χ3v) is 16.2. The summed E-state index contributed by atoms with van der Waals surface area (Å²) in [4.78, 5) is 88.9. The molecular formula is C61H104N10O15S2. The first kappa shape index (κ1) is 78.4. The fourth-order valence-electron chi connectivity index (χ4n) is 9.68. The number of hydrogen-bond acceptors (Lipinski definition) is 19. The second kappa shape index (κ2) is 34.5. The fourth-order valence-corrected chi connectivity index (χ4v) is 12.1. The number of aliphatic imine (C=N–C) groups is 1. The summed E-state index contributed by atoms with van der Waals surface area (Å²) in [6, 6.07) is -7.16. The van der Waals surface area contributed by atoms with E-state index in [1.54, 1.807) is 94.4 Å². The van der Waals surface area contributed by atoms with Gasteiger partial charge in [-0.1, -0.05) is 30.9 Å². The second-order valence-electron chi connectivity index (χ2n) is 25.8. The van der Waals surface area contributed by atoms with Crippen molar-refractivity contribution in [2.24, 2.45) is 22.2 Å². The lowest BCUT2D eigenvalue weighted by molar-refractivity contribution is -0.148. The Morgan fingerprint density at radius 1 is 0.795 bits per heavy atom. The van der Waals surface area contributed by atoms with Crippen LogP contribution in [0.4, 0.5) is 0 Å². The molecule has 0 aliphatic carbocycles. The average molecular weight is 1280 g/mol. The number of esters is 1. The van der Waals surface area contributed by atoms with Crippen LogP contribution in [0.3, 0.4) is 0 Å². The summed E-state index contributed by atoms with van der Waals surface area (Å²) in [6.45, 7) is 34.5. The molecule has 10 atom stereocenters. The molecule has 1 heterocycles. The van der Waals surface area contributed by atoms with Gasteiger partial charge in [0.1, 0.15) is 48.4 Å². The maximum atomic E-state index is 15.0. The highest BCUT2D eigenvalue weighted by Gasteiger charge is 2.40. The van der Waals surface area contributed by atoms with Gasteiger partial charge in [0.05, 0.1) is 58.6 Å². The fraction of sp³-hybridized carbons (Fsp3) is 0.689. The van der Waals surface area contributed by atoms with Crippen LogP contribution >= 0.6 is 11.8 Å². The molecule has 1 aromatic rings. The lowest BCUT2D eigenvalue weighted by Gasteiger charge is -2.35. The molecule has 500 valence electrons. The number of rotatable bonds is 35. The van der Waals surface area contributed by atoms with Gasteiger partial charge in [-0.05, 0) is 154 Å². The number of nitrogens with one attached hydrogen (secondary N) is 6. The van der Waals surface area contributed by atoms with Gasteiger partial charge >= 0.3 is 5.97 Å². The van der Waals surface area contributed by atoms with Crippen LogP contribution in [-0.4, -0.2) is 175 Å². The Hall–Kier alpha value is -5.65. The van der Waals surface area contributed by atoms with Gasteiger partial charge in [-0.3, -0.25) is 29.0 Å². The Labute approximate surface area is 526 Å². The number of allylic oxidation sites excluding steroid dienone is 3. The zero-order chi connectivity index (χ0) is 67.4. The molecular weight excluding hydrogens is 1180 g/mol. The number of benzene rings is 1. The van der Waals surface area contributed by atoms with Crippen LogP contribution in [0, 0.1) is 20.8 Å². The van der Waals surface area contributed by atoms with Gasteiger partial charge in [0.15, 0.2) is 0 Å². The molecule has 0 fully saturated rings. The Balaban J connectivity index is 2.75. The van der Waals surface area contributed by atoms with E-state index in [0.717, 1.165) is 22.9 Å². The molecule has 2 rings (SSSR count). The van der Waals surface area contributed by atoms with Crippen LogP contribution in [0.2, 0.25) is 0 Å². The SMILES string of the molecule is C=C/C=C\C(=C/C)COC(=O)[C@H](CC(O)CN[C@@H](CSCC(N)O)C(N)=O)NC(=O)[C@H](CCCN=C(N)NS(=O)(=O)c1c(C)c(C)c2c(c1C)OC(C)(C)C2)NC(=O)[C@@H](NC(=O)[C@@H](NC(=O)C[C@@H](C)OC(C)(C)C)[C@@H](C)OC(C)(C)C)[C@@H](C)OC(C)(C)C. The topological polar surface area (TPSA) is 386 Å². The van der Waals surface area contributed by atoms with Crippen LogP contribution in [0.25, 0.3) is 0 Å². The summed E-state index contributed by atoms with van der Waals surface area (Å²) in [5.41, 5.74) is 17.6. The van der Waals surface area contributed by atoms with Crippen LogP contribution in [0.1, 0.15) is 152 Å². The number of thioether (sulfide) groups is 1. The lowest BCUT2D eigenvalue weighted by Crippen LogP contribution is -2.63. The lowest BCUT2D eigenvalue weighted by atomic mass is 9.93. The minimum absolute atomic E-state index is 0.0189. The first-order chi connectivity index (χ1) is 40.4. The molecule has 88 heavy (non-hydrogen) atoms. The van der Waals surface area contributed by atoms with E-state index < -0.39 is 141 Å². The number of hydrogen-bond donors (Lipinski definition) is 11. The van der Waals surface area contributed by atoms with Crippen molar-refractivity contribution in [3.8, 4) is 5.75 Å². The number of carbonyl (C=O) groups excluding carboxylic acids is 6. The molecule has 2 unspecified atom stereocenters. The number of aliphatic hydroxyl groups excluding tert-OH is 2. The zero-order valence-electron chi connectivity index (χ0n) is 55.1. The molecule has 0 aromatic heterocycles. The smallest absolute Gasteiger partial charge is 0.329 e. The van der Waals surface area contributed by atoms with E-state index in [0.29, 0.717) is 28.9 Å². The monoisotopic (exact) mass is 1280 g/mol. The van der Waals surface area contributed by atoms with Crippen molar-refractivity contribution in [3.05, 3.63) is 58.7 Å². The van der Waals surface area contributed by atoms with Gasteiger partial charge in [0.2, 0.25) is 35.5 Å². The van der Waals surface area contributed by atoms with E-state index >= 15 is 0 Å². The molecule has 27 heteroatoms. The van der Waals surface area contributed by atoms with E-state index in [1.807, 2.05) is 41.5 Å². The van der Waals surface area contributed by atoms with Crippen molar-refractivity contribution in [1.82, 2.24) is 31.3 Å². The minimum atomic E-state index is -4.34. The first-order valence-corrected chi connectivity index (χ1v) is 32.3. The molecule has 1 aliphatic rings. The highest BCUT2D eigenvalue weighted by molar-refractivity contribution is 7.99. The summed E-state index contributed by atoms with van der Waals surface area (Å²) in [6.07, 6.45) is 0.848. The van der Waals surface area contributed by atoms with Crippen LogP contribution < -0.4 is 53.2 Å². The Morgan fingerprint density at radius 3 is 1.89 bits per heavy atom. The number of nitrogens with zero attached hydrogens (tertiary/aromatic N) is 1. The Bertz CT molecular complexity index is 2770. The van der Waals surface area contributed by atoms with Crippen LogP contribution in [0.15, 0.2) is 46.3 Å². The van der Waals surface area contributed by atoms with Crippen molar-refractivity contribution in [2.75, 3.05) is 31.2 Å². The molecule has 1 aromatic carbocycles. The largest absolute Gasteiger partial charge is 0.487 e. The van der Waals surface area contributed by atoms with Gasteiger partial charge < -0.3 is 77.7 Å². The quantitative estimate of drug-likeness (QED) is 0.0116. The normalized spacial score (nSPS) is 17.4. The minimum Gasteiger partial charge on any atom is -0.487 e. The Morgan fingerprint density at radius 2 is 1.35 bits per heavy atom. The number of carbonyl (C=O) groups is 6. The molecule has 1 aliphatic heterocycles. The maximum Gasteiger partial charge on any atom is 0.329 e. The van der Waals surface area contributed by atoms with Gasteiger partial charge in [0, 0.05) is 48.6 Å². The molecule has 0 bridgehead atoms. The van der Waals surface area contributed by atoms with Gasteiger partial charge in [-0.25, -0.2) is 17.9 Å². The second-order valence-corrected chi connectivity index (χ2v) is 28.5. The molecule has 0 radical (unpaired) electrons. The number of amides is 5. The highest BCUT2D eigenvalue weighted by Crippen LogP contribution is 2.44. The summed E-state index contributed by atoms with van der Waals surface area (Å²) in [5, 5.41) is 34.6. The van der Waals surface area contributed by atoms with Crippen molar-refractivity contribution in [2.45, 2.75) is 245 Å². The summed E-state index contributed by atoms with van der Waals surface area (Å²) < 4.78 is 60.7. The van der Waals surface area contributed by atoms with Crippen molar-refractivity contribution in [1.29, 1.82) is 0 Å². The number of guanidine groups is 1. The molecule has 0 saturated carbocycles. The molecule has 5 amide bonds. The molecule has 25 nitrogen and oxygen atoms in total. The number of sulfonamides is 1.